The molecule has 0 heterocycles. The van der Waals surface area contributed by atoms with E-state index in [9.17, 15) is 31.5 Å². The number of rotatable bonds is 16. The summed E-state index contributed by atoms with van der Waals surface area (Å²) in [5.41, 5.74) is -1.68. The second-order valence-corrected chi connectivity index (χ2v) is 8.08. The number of allylic oxidation sites excluding steroid dienone is 7. The van der Waals surface area contributed by atoms with Crippen LogP contribution in [-0.2, 0) is 14.3 Å². The molecule has 0 aliphatic heterocycles. The summed E-state index contributed by atoms with van der Waals surface area (Å²) in [5, 5.41) is 0. The third-order valence-electron chi connectivity index (χ3n) is 5.19. The van der Waals surface area contributed by atoms with Crippen molar-refractivity contribution in [3.63, 3.8) is 0 Å². The van der Waals surface area contributed by atoms with Crippen LogP contribution in [0, 0.1) is 29.1 Å². The molecule has 0 fully saturated rings. The minimum absolute atomic E-state index is 0.0192. The Bertz CT molecular complexity index is 970. The zero-order valence-corrected chi connectivity index (χ0v) is 21.1. The lowest BCUT2D eigenvalue weighted by Crippen LogP contribution is -2.21. The first kappa shape index (κ1) is 31.8. The van der Waals surface area contributed by atoms with Crippen LogP contribution in [0.3, 0.4) is 0 Å². The molecule has 37 heavy (non-hydrogen) atoms. The van der Waals surface area contributed by atoms with E-state index < -0.39 is 52.7 Å². The van der Waals surface area contributed by atoms with Gasteiger partial charge in [0.05, 0.1) is 7.11 Å². The number of hydrogen-bond acceptors (Lipinski definition) is 4. The van der Waals surface area contributed by atoms with Crippen molar-refractivity contribution in [1.29, 1.82) is 0 Å². The molecule has 0 aliphatic rings. The highest BCUT2D eigenvalue weighted by atomic mass is 19.2. The molecule has 0 saturated heterocycles. The fraction of sp³-hybridized carbons (Fsp3) is 0.429. The van der Waals surface area contributed by atoms with Gasteiger partial charge < -0.3 is 9.47 Å². The van der Waals surface area contributed by atoms with Crippen LogP contribution in [0.15, 0.2) is 48.6 Å². The Hall–Kier alpha value is -3.23. The average Bonchev–Trinajstić information content (AvgIpc) is 2.88. The van der Waals surface area contributed by atoms with Gasteiger partial charge in [0, 0.05) is 6.42 Å². The van der Waals surface area contributed by atoms with E-state index in [0.717, 1.165) is 12.8 Å². The SMILES string of the molecule is CCCCC/C=C\C/C=C\C/C=C\C=C\C(CCCC(=O)OC)OC(=O)c1c(F)c(F)c(F)c(F)c1F. The summed E-state index contributed by atoms with van der Waals surface area (Å²) in [4.78, 5) is 23.6. The highest BCUT2D eigenvalue weighted by molar-refractivity contribution is 5.90. The topological polar surface area (TPSA) is 52.6 Å². The Kier molecular flexibility index (Phi) is 15.5. The Morgan fingerprint density at radius 1 is 0.784 bits per heavy atom. The Labute approximate surface area is 214 Å². The largest absolute Gasteiger partial charge is 0.469 e. The maximum atomic E-state index is 14.0. The minimum atomic E-state index is -2.37. The number of benzene rings is 1. The van der Waals surface area contributed by atoms with Crippen molar-refractivity contribution < 1.29 is 41.0 Å². The fourth-order valence-corrected chi connectivity index (χ4v) is 3.15. The predicted molar refractivity (Wildman–Crippen MR) is 131 cm³/mol. The zero-order chi connectivity index (χ0) is 27.6. The molecule has 0 aliphatic carbocycles. The summed E-state index contributed by atoms with van der Waals surface area (Å²) >= 11 is 0. The van der Waals surface area contributed by atoms with E-state index in [-0.39, 0.29) is 19.3 Å². The van der Waals surface area contributed by atoms with E-state index in [2.05, 4.69) is 23.8 Å². The van der Waals surface area contributed by atoms with E-state index in [1.54, 1.807) is 6.08 Å². The summed E-state index contributed by atoms with van der Waals surface area (Å²) in [6.45, 7) is 2.16. The second-order valence-electron chi connectivity index (χ2n) is 8.08. The van der Waals surface area contributed by atoms with Crippen LogP contribution in [0.1, 0.15) is 75.1 Å². The van der Waals surface area contributed by atoms with Gasteiger partial charge in [-0.05, 0) is 44.6 Å². The van der Waals surface area contributed by atoms with Crippen molar-refractivity contribution >= 4 is 11.9 Å². The highest BCUT2D eigenvalue weighted by Crippen LogP contribution is 2.24. The third-order valence-corrected chi connectivity index (χ3v) is 5.19. The second kappa shape index (κ2) is 18.1. The molecule has 1 rings (SSSR count). The van der Waals surface area contributed by atoms with Gasteiger partial charge >= 0.3 is 11.9 Å². The lowest BCUT2D eigenvalue weighted by Gasteiger charge is -2.15. The van der Waals surface area contributed by atoms with Gasteiger partial charge in [-0.1, -0.05) is 62.3 Å². The number of esters is 2. The first-order valence-corrected chi connectivity index (χ1v) is 12.2. The molecule has 1 aromatic rings. The molecule has 1 aromatic carbocycles. The van der Waals surface area contributed by atoms with Crippen molar-refractivity contribution in [2.45, 2.75) is 70.8 Å². The molecular formula is C28H33F5O4. The molecule has 1 atom stereocenters. The van der Waals surface area contributed by atoms with E-state index in [0.29, 0.717) is 6.42 Å². The van der Waals surface area contributed by atoms with Crippen LogP contribution in [0.2, 0.25) is 0 Å². The van der Waals surface area contributed by atoms with E-state index in [4.69, 9.17) is 4.74 Å². The van der Waals surface area contributed by atoms with Gasteiger partial charge in [0.2, 0.25) is 5.82 Å². The lowest BCUT2D eigenvalue weighted by atomic mass is 10.1. The van der Waals surface area contributed by atoms with E-state index >= 15 is 0 Å². The summed E-state index contributed by atoms with van der Waals surface area (Å²) in [5.74, 6) is -13.6. The zero-order valence-electron chi connectivity index (χ0n) is 21.1. The van der Waals surface area contributed by atoms with Gasteiger partial charge in [-0.15, -0.1) is 0 Å². The molecule has 204 valence electrons. The number of methoxy groups -OCH3 is 1. The van der Waals surface area contributed by atoms with Crippen LogP contribution in [-0.4, -0.2) is 25.2 Å². The number of carbonyl (C=O) groups excluding carboxylic acids is 2. The van der Waals surface area contributed by atoms with Gasteiger partial charge in [-0.25, -0.2) is 26.7 Å². The van der Waals surface area contributed by atoms with Crippen molar-refractivity contribution in [3.8, 4) is 0 Å². The smallest absolute Gasteiger partial charge is 0.344 e. The molecule has 0 radical (unpaired) electrons. The van der Waals surface area contributed by atoms with Gasteiger partial charge in [-0.2, -0.15) is 0 Å². The molecule has 0 bridgehead atoms. The van der Waals surface area contributed by atoms with E-state index in [1.165, 1.54) is 38.5 Å². The Morgan fingerprint density at radius 3 is 2.00 bits per heavy atom. The molecule has 0 spiro atoms. The molecule has 0 aromatic heterocycles. The monoisotopic (exact) mass is 528 g/mol. The first-order valence-electron chi connectivity index (χ1n) is 12.2. The van der Waals surface area contributed by atoms with Crippen LogP contribution in [0.5, 0.6) is 0 Å². The summed E-state index contributed by atoms with van der Waals surface area (Å²) in [6.07, 6.45) is 19.9. The molecule has 9 heteroatoms. The van der Waals surface area contributed by atoms with Crippen LogP contribution in [0.25, 0.3) is 0 Å². The number of halogens is 5. The molecular weight excluding hydrogens is 495 g/mol. The standard InChI is InChI=1S/C28H33F5O4/c1-3-4-5-6-7-8-9-10-11-12-13-14-15-17-20(18-16-19-21(34)36-2)37-28(35)22-23(29)25(31)27(33)26(32)24(22)30/h7-8,10-11,13-15,17,20H,3-6,9,12,16,18-19H2,1-2H3/b8-7-,11-10-,14-13-,17-15+. The highest BCUT2D eigenvalue weighted by Gasteiger charge is 2.31. The summed E-state index contributed by atoms with van der Waals surface area (Å²) in [6, 6.07) is 0. The molecule has 1 unspecified atom stereocenters. The quantitative estimate of drug-likeness (QED) is 0.0417. The van der Waals surface area contributed by atoms with Crippen molar-refractivity contribution in [1.82, 2.24) is 0 Å². The van der Waals surface area contributed by atoms with Gasteiger partial charge in [-0.3, -0.25) is 4.79 Å². The third kappa shape index (κ3) is 11.6. The Morgan fingerprint density at radius 2 is 1.38 bits per heavy atom. The van der Waals surface area contributed by atoms with Gasteiger partial charge in [0.15, 0.2) is 23.3 Å². The summed E-state index contributed by atoms with van der Waals surface area (Å²) < 4.78 is 77.6. The normalized spacial score (nSPS) is 12.8. The van der Waals surface area contributed by atoms with Crippen molar-refractivity contribution in [3.05, 3.63) is 83.3 Å². The minimum Gasteiger partial charge on any atom is -0.469 e. The Balaban J connectivity index is 2.76. The van der Waals surface area contributed by atoms with Crippen LogP contribution < -0.4 is 0 Å². The molecule has 0 saturated carbocycles. The number of unbranched alkanes of at least 4 members (excludes halogenated alkanes) is 3. The van der Waals surface area contributed by atoms with Crippen LogP contribution >= 0.6 is 0 Å². The maximum Gasteiger partial charge on any atom is 0.344 e. The number of carbonyl (C=O) groups is 2. The predicted octanol–water partition coefficient (Wildman–Crippen LogP) is 7.84. The van der Waals surface area contributed by atoms with Crippen LogP contribution in [0.4, 0.5) is 22.0 Å². The number of ether oxygens (including phenoxy) is 2. The fourth-order valence-electron chi connectivity index (χ4n) is 3.15. The van der Waals surface area contributed by atoms with E-state index in [1.807, 2.05) is 18.2 Å². The number of hydrogen-bond donors (Lipinski definition) is 0. The van der Waals surface area contributed by atoms with Crippen molar-refractivity contribution in [2.24, 2.45) is 0 Å². The molecule has 4 nitrogen and oxygen atoms in total. The average molecular weight is 529 g/mol. The van der Waals surface area contributed by atoms with Crippen molar-refractivity contribution in [2.75, 3.05) is 7.11 Å². The maximum absolute atomic E-state index is 14.0. The molecule has 0 N–H and O–H groups in total. The molecule has 0 amide bonds. The van der Waals surface area contributed by atoms with Gasteiger partial charge in [0.1, 0.15) is 11.7 Å². The first-order chi connectivity index (χ1) is 17.7. The lowest BCUT2D eigenvalue weighted by molar-refractivity contribution is -0.140. The van der Waals surface area contributed by atoms with Gasteiger partial charge in [0.25, 0.3) is 0 Å². The summed E-state index contributed by atoms with van der Waals surface area (Å²) in [7, 11) is 1.20.